The van der Waals surface area contributed by atoms with E-state index in [1.54, 1.807) is 6.92 Å². The van der Waals surface area contributed by atoms with Gasteiger partial charge in [-0.15, -0.1) is 0 Å². The molecule has 0 heterocycles. The second kappa shape index (κ2) is 15.3. The number of rotatable bonds is 15. The second-order valence-corrected chi connectivity index (χ2v) is 5.66. The van der Waals surface area contributed by atoms with Crippen LogP contribution in [0.4, 0.5) is 0 Å². The van der Waals surface area contributed by atoms with Gasteiger partial charge in [0.1, 0.15) is 12.7 Å². The van der Waals surface area contributed by atoms with E-state index in [1.165, 1.54) is 51.4 Å². The number of esters is 1. The Kier molecular flexibility index (Phi) is 14.6. The Morgan fingerprint density at radius 3 is 2.00 bits per heavy atom. The van der Waals surface area contributed by atoms with Crippen molar-refractivity contribution in [2.24, 2.45) is 0 Å². The Bertz CT molecular complexity index is 253. The fourth-order valence-electron chi connectivity index (χ4n) is 2.25. The monoisotopic (exact) mass is 300 g/mol. The Hall–Kier alpha value is -1.06. The molecule has 0 bridgehead atoms. The normalized spacial score (nSPS) is 11.9. The number of hydrogen-bond donors (Lipinski definition) is 0. The molecule has 124 valence electrons. The summed E-state index contributed by atoms with van der Waals surface area (Å²) in [5.74, 6) is -0.198. The van der Waals surface area contributed by atoms with E-state index in [9.17, 15) is 9.59 Å². The minimum atomic E-state index is -0.356. The first-order chi connectivity index (χ1) is 10.2. The fraction of sp³-hybridized carbons (Fsp3) is 0.882. The van der Waals surface area contributed by atoms with E-state index in [-0.39, 0.29) is 18.7 Å². The first-order valence-electron chi connectivity index (χ1n) is 8.45. The quantitative estimate of drug-likeness (QED) is 0.255. The van der Waals surface area contributed by atoms with Crippen molar-refractivity contribution in [2.45, 2.75) is 90.6 Å². The third-order valence-corrected chi connectivity index (χ3v) is 3.47. The molecule has 0 aliphatic carbocycles. The van der Waals surface area contributed by atoms with Gasteiger partial charge >= 0.3 is 5.97 Å². The van der Waals surface area contributed by atoms with E-state index < -0.39 is 0 Å². The van der Waals surface area contributed by atoms with E-state index in [1.807, 2.05) is 0 Å². The molecule has 0 N–H and O–H groups in total. The molecule has 0 spiro atoms. The van der Waals surface area contributed by atoms with Gasteiger partial charge in [-0.3, -0.25) is 9.59 Å². The van der Waals surface area contributed by atoms with Gasteiger partial charge in [0.05, 0.1) is 0 Å². The van der Waals surface area contributed by atoms with E-state index >= 15 is 0 Å². The lowest BCUT2D eigenvalue weighted by Crippen LogP contribution is -2.19. The van der Waals surface area contributed by atoms with Crippen LogP contribution in [-0.2, 0) is 19.1 Å². The van der Waals surface area contributed by atoms with Crippen molar-refractivity contribution in [2.75, 3.05) is 6.61 Å². The van der Waals surface area contributed by atoms with Crippen LogP contribution in [0.5, 0.6) is 0 Å². The van der Waals surface area contributed by atoms with Crippen LogP contribution in [0.1, 0.15) is 84.5 Å². The van der Waals surface area contributed by atoms with Gasteiger partial charge < -0.3 is 9.47 Å². The van der Waals surface area contributed by atoms with E-state index in [0.29, 0.717) is 12.9 Å². The molecule has 0 rings (SSSR count). The van der Waals surface area contributed by atoms with Crippen molar-refractivity contribution < 1.29 is 19.1 Å². The molecule has 0 fully saturated rings. The lowest BCUT2D eigenvalue weighted by Gasteiger charge is -2.11. The number of ether oxygens (including phenoxy) is 2. The summed E-state index contributed by atoms with van der Waals surface area (Å²) in [5, 5.41) is 0. The summed E-state index contributed by atoms with van der Waals surface area (Å²) in [6.07, 6.45) is 12.6. The van der Waals surface area contributed by atoms with Crippen molar-refractivity contribution in [3.63, 3.8) is 0 Å². The first kappa shape index (κ1) is 19.9. The molecule has 0 aliphatic rings. The summed E-state index contributed by atoms with van der Waals surface area (Å²) >= 11 is 0. The Balaban J connectivity index is 3.26. The van der Waals surface area contributed by atoms with Crippen molar-refractivity contribution in [3.05, 3.63) is 0 Å². The SMILES string of the molecule is CCCCCCCCCCCCC(=O)O[C@@H](C)COC=O. The topological polar surface area (TPSA) is 52.6 Å². The highest BCUT2D eigenvalue weighted by atomic mass is 16.6. The Morgan fingerprint density at radius 2 is 1.48 bits per heavy atom. The number of hydrogen-bond acceptors (Lipinski definition) is 4. The maximum absolute atomic E-state index is 11.5. The van der Waals surface area contributed by atoms with E-state index in [4.69, 9.17) is 4.74 Å². The number of unbranched alkanes of at least 4 members (excludes halogenated alkanes) is 9. The maximum atomic E-state index is 11.5. The second-order valence-electron chi connectivity index (χ2n) is 5.66. The molecule has 0 aliphatic heterocycles. The molecule has 0 unspecified atom stereocenters. The molecule has 0 saturated heterocycles. The molecule has 0 aromatic heterocycles. The molecule has 0 radical (unpaired) electrons. The minimum absolute atomic E-state index is 0.132. The highest BCUT2D eigenvalue weighted by Gasteiger charge is 2.09. The summed E-state index contributed by atoms with van der Waals surface area (Å²) in [4.78, 5) is 21.5. The molecule has 0 amide bonds. The predicted molar refractivity (Wildman–Crippen MR) is 84.0 cm³/mol. The molecule has 0 aromatic carbocycles. The number of carbonyl (C=O) groups excluding carboxylic acids is 2. The van der Waals surface area contributed by atoms with Gasteiger partial charge in [0.25, 0.3) is 6.47 Å². The van der Waals surface area contributed by atoms with Crippen LogP contribution in [0.3, 0.4) is 0 Å². The van der Waals surface area contributed by atoms with Crippen molar-refractivity contribution in [1.82, 2.24) is 0 Å². The molecular weight excluding hydrogens is 268 g/mol. The minimum Gasteiger partial charge on any atom is -0.464 e. The van der Waals surface area contributed by atoms with Crippen LogP contribution in [0.25, 0.3) is 0 Å². The highest BCUT2D eigenvalue weighted by Crippen LogP contribution is 2.11. The van der Waals surface area contributed by atoms with Gasteiger partial charge in [-0.25, -0.2) is 0 Å². The van der Waals surface area contributed by atoms with Gasteiger partial charge in [0.2, 0.25) is 0 Å². The van der Waals surface area contributed by atoms with Crippen molar-refractivity contribution >= 4 is 12.4 Å². The van der Waals surface area contributed by atoms with Crippen LogP contribution in [0.2, 0.25) is 0 Å². The summed E-state index contributed by atoms with van der Waals surface area (Å²) in [6, 6.07) is 0. The fourth-order valence-corrected chi connectivity index (χ4v) is 2.25. The van der Waals surface area contributed by atoms with Gasteiger partial charge in [-0.05, 0) is 13.3 Å². The van der Waals surface area contributed by atoms with E-state index in [0.717, 1.165) is 12.8 Å². The first-order valence-corrected chi connectivity index (χ1v) is 8.45. The molecule has 0 saturated carbocycles. The Morgan fingerprint density at radius 1 is 0.952 bits per heavy atom. The van der Waals surface area contributed by atoms with Crippen LogP contribution in [-0.4, -0.2) is 25.2 Å². The highest BCUT2D eigenvalue weighted by molar-refractivity contribution is 5.69. The summed E-state index contributed by atoms with van der Waals surface area (Å²) < 4.78 is 9.66. The Labute approximate surface area is 129 Å². The average Bonchev–Trinajstić information content (AvgIpc) is 2.47. The van der Waals surface area contributed by atoms with Crippen LogP contribution >= 0.6 is 0 Å². The lowest BCUT2D eigenvalue weighted by atomic mass is 10.1. The van der Waals surface area contributed by atoms with Crippen LogP contribution < -0.4 is 0 Å². The van der Waals surface area contributed by atoms with Crippen molar-refractivity contribution in [3.8, 4) is 0 Å². The smallest absolute Gasteiger partial charge is 0.306 e. The van der Waals surface area contributed by atoms with Gasteiger partial charge in [-0.2, -0.15) is 0 Å². The molecular formula is C17H32O4. The molecule has 4 nitrogen and oxygen atoms in total. The molecule has 0 aromatic rings. The zero-order chi connectivity index (χ0) is 15.8. The molecule has 4 heteroatoms. The lowest BCUT2D eigenvalue weighted by molar-refractivity contribution is -0.153. The van der Waals surface area contributed by atoms with Crippen LogP contribution in [0, 0.1) is 0 Å². The van der Waals surface area contributed by atoms with Gasteiger partial charge in [0, 0.05) is 6.42 Å². The third kappa shape index (κ3) is 15.2. The van der Waals surface area contributed by atoms with Crippen molar-refractivity contribution in [1.29, 1.82) is 0 Å². The zero-order valence-electron chi connectivity index (χ0n) is 13.8. The molecule has 21 heavy (non-hydrogen) atoms. The standard InChI is InChI=1S/C17H32O4/c1-3-4-5-6-7-8-9-10-11-12-13-17(19)21-16(2)14-20-15-18/h15-16H,3-14H2,1-2H3/t16-/m0/s1. The summed E-state index contributed by atoms with van der Waals surface area (Å²) in [5.41, 5.74) is 0. The number of carbonyl (C=O) groups is 2. The maximum Gasteiger partial charge on any atom is 0.306 e. The van der Waals surface area contributed by atoms with Gasteiger partial charge in [-0.1, -0.05) is 64.7 Å². The van der Waals surface area contributed by atoms with Gasteiger partial charge in [0.15, 0.2) is 0 Å². The summed E-state index contributed by atoms with van der Waals surface area (Å²) in [7, 11) is 0. The van der Waals surface area contributed by atoms with E-state index in [2.05, 4.69) is 11.7 Å². The predicted octanol–water partition coefficient (Wildman–Crippen LogP) is 4.40. The van der Waals surface area contributed by atoms with Crippen LogP contribution in [0.15, 0.2) is 0 Å². The zero-order valence-corrected chi connectivity index (χ0v) is 13.8. The molecule has 1 atom stereocenters. The average molecular weight is 300 g/mol. The summed E-state index contributed by atoms with van der Waals surface area (Å²) in [6.45, 7) is 4.46. The third-order valence-electron chi connectivity index (χ3n) is 3.47. The largest absolute Gasteiger partial charge is 0.464 e.